The number of hydrogen-bond donors (Lipinski definition) is 2. The fourth-order valence-corrected chi connectivity index (χ4v) is 2.25. The van der Waals surface area contributed by atoms with Gasteiger partial charge < -0.3 is 10.6 Å². The van der Waals surface area contributed by atoms with Crippen LogP contribution in [0.5, 0.6) is 0 Å². The van der Waals surface area contributed by atoms with Crippen molar-refractivity contribution in [2.45, 2.75) is 20.3 Å². The number of carbonyl (C=O) groups excluding carboxylic acids is 2. The van der Waals surface area contributed by atoms with Gasteiger partial charge in [-0.15, -0.1) is 0 Å². The van der Waals surface area contributed by atoms with Gasteiger partial charge in [0.15, 0.2) is 0 Å². The molecule has 19 heavy (non-hydrogen) atoms. The molecule has 1 aliphatic rings. The maximum atomic E-state index is 11.5. The van der Waals surface area contributed by atoms with Crippen molar-refractivity contribution < 1.29 is 9.59 Å². The van der Waals surface area contributed by atoms with Crippen LogP contribution in [-0.4, -0.2) is 74.0 Å². The third kappa shape index (κ3) is 6.54. The molecule has 0 atom stereocenters. The van der Waals surface area contributed by atoms with Crippen LogP contribution in [0, 0.1) is 0 Å². The van der Waals surface area contributed by atoms with E-state index in [0.29, 0.717) is 26.2 Å². The number of nitrogens with one attached hydrogen (secondary N) is 2. The average Bonchev–Trinajstić information content (AvgIpc) is 2.55. The van der Waals surface area contributed by atoms with Crippen molar-refractivity contribution >= 4 is 11.8 Å². The fraction of sp³-hybridized carbons (Fsp3) is 0.846. The first-order valence-electron chi connectivity index (χ1n) is 7.13. The lowest BCUT2D eigenvalue weighted by Crippen LogP contribution is -2.41. The molecule has 1 saturated heterocycles. The summed E-state index contributed by atoms with van der Waals surface area (Å²) in [4.78, 5) is 27.4. The zero-order valence-electron chi connectivity index (χ0n) is 12.1. The van der Waals surface area contributed by atoms with Gasteiger partial charge in [-0.3, -0.25) is 19.4 Å². The summed E-state index contributed by atoms with van der Waals surface area (Å²) in [7, 11) is 0. The largest absolute Gasteiger partial charge is 0.355 e. The van der Waals surface area contributed by atoms with Gasteiger partial charge in [-0.1, -0.05) is 0 Å². The van der Waals surface area contributed by atoms with E-state index in [1.54, 1.807) is 0 Å². The molecule has 0 aromatic rings. The van der Waals surface area contributed by atoms with Crippen molar-refractivity contribution in [3.8, 4) is 0 Å². The standard InChI is InChI=1S/C13H26N4O2/c1-3-14-12(18)10-16-6-5-7-17(9-8-16)11-13(19)15-4-2/h3-11H2,1-2H3,(H,14,18)(H,15,19). The summed E-state index contributed by atoms with van der Waals surface area (Å²) >= 11 is 0. The molecule has 1 rings (SSSR count). The Labute approximate surface area is 115 Å². The second-order valence-electron chi connectivity index (χ2n) is 4.81. The molecule has 0 aromatic carbocycles. The number of rotatable bonds is 6. The van der Waals surface area contributed by atoms with Crippen LogP contribution in [0.2, 0.25) is 0 Å². The molecule has 0 bridgehead atoms. The summed E-state index contributed by atoms with van der Waals surface area (Å²) in [5, 5.41) is 5.63. The summed E-state index contributed by atoms with van der Waals surface area (Å²) in [5.41, 5.74) is 0. The highest BCUT2D eigenvalue weighted by molar-refractivity contribution is 5.78. The molecule has 1 fully saturated rings. The minimum atomic E-state index is 0.0830. The van der Waals surface area contributed by atoms with Gasteiger partial charge in [0.1, 0.15) is 0 Å². The van der Waals surface area contributed by atoms with Crippen molar-refractivity contribution in [3.05, 3.63) is 0 Å². The molecule has 1 heterocycles. The third-order valence-electron chi connectivity index (χ3n) is 3.16. The van der Waals surface area contributed by atoms with Crippen LogP contribution in [0.4, 0.5) is 0 Å². The van der Waals surface area contributed by atoms with Crippen molar-refractivity contribution in [2.75, 3.05) is 52.4 Å². The number of likely N-dealkylation sites (N-methyl/N-ethyl adjacent to an activating group) is 2. The minimum Gasteiger partial charge on any atom is -0.355 e. The number of nitrogens with zero attached hydrogens (tertiary/aromatic N) is 2. The van der Waals surface area contributed by atoms with Gasteiger partial charge in [-0.2, -0.15) is 0 Å². The summed E-state index contributed by atoms with van der Waals surface area (Å²) in [6, 6.07) is 0. The minimum absolute atomic E-state index is 0.0830. The van der Waals surface area contributed by atoms with E-state index in [-0.39, 0.29) is 11.8 Å². The second-order valence-corrected chi connectivity index (χ2v) is 4.81. The molecule has 2 amide bonds. The molecule has 6 nitrogen and oxygen atoms in total. The van der Waals surface area contributed by atoms with Crippen LogP contribution in [0.1, 0.15) is 20.3 Å². The molecule has 0 saturated carbocycles. The molecule has 1 aliphatic heterocycles. The second kappa shape index (κ2) is 8.87. The van der Waals surface area contributed by atoms with Gasteiger partial charge in [0.2, 0.25) is 11.8 Å². The Balaban J connectivity index is 2.30. The molecule has 6 heteroatoms. The van der Waals surface area contributed by atoms with E-state index in [2.05, 4.69) is 20.4 Å². The van der Waals surface area contributed by atoms with Crippen molar-refractivity contribution in [1.29, 1.82) is 0 Å². The molecule has 0 aromatic heterocycles. The van der Waals surface area contributed by atoms with Crippen LogP contribution >= 0.6 is 0 Å². The third-order valence-corrected chi connectivity index (χ3v) is 3.16. The molecular formula is C13H26N4O2. The Hall–Kier alpha value is -1.14. The molecule has 2 N–H and O–H groups in total. The summed E-state index contributed by atoms with van der Waals surface area (Å²) in [6.07, 6.45) is 0.999. The monoisotopic (exact) mass is 270 g/mol. The Morgan fingerprint density at radius 3 is 1.63 bits per heavy atom. The highest BCUT2D eigenvalue weighted by atomic mass is 16.2. The number of carbonyl (C=O) groups is 2. The Kier molecular flexibility index (Phi) is 7.43. The lowest BCUT2D eigenvalue weighted by molar-refractivity contribution is -0.123. The predicted octanol–water partition coefficient (Wildman–Crippen LogP) is -0.734. The fourth-order valence-electron chi connectivity index (χ4n) is 2.25. The molecule has 0 radical (unpaired) electrons. The van der Waals surface area contributed by atoms with E-state index in [0.717, 1.165) is 32.6 Å². The van der Waals surface area contributed by atoms with E-state index in [1.165, 1.54) is 0 Å². The average molecular weight is 270 g/mol. The van der Waals surface area contributed by atoms with Crippen molar-refractivity contribution in [3.63, 3.8) is 0 Å². The van der Waals surface area contributed by atoms with E-state index >= 15 is 0 Å². The van der Waals surface area contributed by atoms with Gasteiger partial charge in [0.25, 0.3) is 0 Å². The topological polar surface area (TPSA) is 64.7 Å². The number of amides is 2. The molecule has 0 spiro atoms. The van der Waals surface area contributed by atoms with E-state index < -0.39 is 0 Å². The lowest BCUT2D eigenvalue weighted by Gasteiger charge is -2.20. The maximum Gasteiger partial charge on any atom is 0.234 e. The van der Waals surface area contributed by atoms with E-state index in [1.807, 2.05) is 13.8 Å². The lowest BCUT2D eigenvalue weighted by atomic mass is 10.3. The van der Waals surface area contributed by atoms with Gasteiger partial charge >= 0.3 is 0 Å². The SMILES string of the molecule is CCNC(=O)CN1CCCN(CC(=O)NCC)CC1. The molecule has 110 valence electrons. The van der Waals surface area contributed by atoms with E-state index in [4.69, 9.17) is 0 Å². The zero-order chi connectivity index (χ0) is 14.1. The Bertz CT molecular complexity index is 268. The van der Waals surface area contributed by atoms with Gasteiger partial charge in [0, 0.05) is 26.2 Å². The van der Waals surface area contributed by atoms with E-state index in [9.17, 15) is 9.59 Å². The first-order chi connectivity index (χ1) is 9.15. The first-order valence-corrected chi connectivity index (χ1v) is 7.13. The van der Waals surface area contributed by atoms with Crippen molar-refractivity contribution in [1.82, 2.24) is 20.4 Å². The predicted molar refractivity (Wildman–Crippen MR) is 74.9 cm³/mol. The summed E-state index contributed by atoms with van der Waals surface area (Å²) in [6.45, 7) is 9.65. The Morgan fingerprint density at radius 2 is 1.26 bits per heavy atom. The Morgan fingerprint density at radius 1 is 0.842 bits per heavy atom. The van der Waals surface area contributed by atoms with Crippen LogP contribution < -0.4 is 10.6 Å². The smallest absolute Gasteiger partial charge is 0.234 e. The van der Waals surface area contributed by atoms with Crippen LogP contribution in [0.15, 0.2) is 0 Å². The maximum absolute atomic E-state index is 11.5. The van der Waals surface area contributed by atoms with Gasteiger partial charge in [-0.05, 0) is 33.4 Å². The zero-order valence-corrected chi connectivity index (χ0v) is 12.1. The number of hydrogen-bond acceptors (Lipinski definition) is 4. The van der Waals surface area contributed by atoms with Gasteiger partial charge in [0.05, 0.1) is 13.1 Å². The van der Waals surface area contributed by atoms with Gasteiger partial charge in [-0.25, -0.2) is 0 Å². The van der Waals surface area contributed by atoms with Crippen LogP contribution in [0.3, 0.4) is 0 Å². The summed E-state index contributed by atoms with van der Waals surface area (Å²) in [5.74, 6) is 0.166. The quantitative estimate of drug-likeness (QED) is 0.668. The highest BCUT2D eigenvalue weighted by Crippen LogP contribution is 2.02. The molecule has 0 unspecified atom stereocenters. The summed E-state index contributed by atoms with van der Waals surface area (Å²) < 4.78 is 0. The molecule has 0 aliphatic carbocycles. The van der Waals surface area contributed by atoms with Crippen LogP contribution in [0.25, 0.3) is 0 Å². The normalized spacial score (nSPS) is 17.8. The first kappa shape index (κ1) is 15.9. The molecular weight excluding hydrogens is 244 g/mol. The van der Waals surface area contributed by atoms with Crippen molar-refractivity contribution in [2.24, 2.45) is 0 Å². The highest BCUT2D eigenvalue weighted by Gasteiger charge is 2.18. The van der Waals surface area contributed by atoms with Crippen LogP contribution in [-0.2, 0) is 9.59 Å².